The Morgan fingerprint density at radius 2 is 2.10 bits per heavy atom. The van der Waals surface area contributed by atoms with E-state index in [0.717, 1.165) is 0 Å². The van der Waals surface area contributed by atoms with E-state index in [0.29, 0.717) is 13.1 Å². The first-order chi connectivity index (χ1) is 4.81. The molecule has 0 aliphatic heterocycles. The fourth-order valence-corrected chi connectivity index (χ4v) is 0.267. The van der Waals surface area contributed by atoms with Gasteiger partial charge in [-0.05, 0) is 14.0 Å². The van der Waals surface area contributed by atoms with Crippen molar-refractivity contribution in [2.24, 2.45) is 0 Å². The zero-order valence-electron chi connectivity index (χ0n) is 7.18. The minimum atomic E-state index is 0.250. The highest BCUT2D eigenvalue weighted by molar-refractivity contribution is 5.36. The molecular formula is C7H17NO2. The molecule has 1 N–H and O–H groups in total. The lowest BCUT2D eigenvalue weighted by atomic mass is 10.4. The summed E-state index contributed by atoms with van der Waals surface area (Å²) in [6.07, 6.45) is 0. The molecule has 0 aliphatic carbocycles. The highest BCUT2D eigenvalue weighted by Gasteiger charge is 1.93. The Morgan fingerprint density at radius 1 is 1.60 bits per heavy atom. The number of nitrogens with one attached hydrogen (secondary N) is 1. The van der Waals surface area contributed by atoms with Crippen LogP contribution < -0.4 is 5.32 Å². The van der Waals surface area contributed by atoms with Gasteiger partial charge >= 0.3 is 0 Å². The number of ether oxygens (including phenoxy) is 1. The lowest BCUT2D eigenvalue weighted by molar-refractivity contribution is -0.129. The molecule has 0 saturated carbocycles. The van der Waals surface area contributed by atoms with E-state index >= 15 is 0 Å². The third-order valence-corrected chi connectivity index (χ3v) is 0.907. The summed E-state index contributed by atoms with van der Waals surface area (Å²) in [6, 6.07) is 0.250. The molecule has 3 nitrogen and oxygen atoms in total. The Hall–Kier alpha value is -0.570. The molecule has 0 aromatic carbocycles. The van der Waals surface area contributed by atoms with Crippen LogP contribution in [0.2, 0.25) is 0 Å². The largest absolute Gasteiger partial charge is 0.466 e. The fraction of sp³-hybridized carbons (Fsp3) is 0.857. The third-order valence-electron chi connectivity index (χ3n) is 0.907. The van der Waals surface area contributed by atoms with Crippen molar-refractivity contribution in [3.05, 3.63) is 0 Å². The predicted molar refractivity (Wildman–Crippen MR) is 41.9 cm³/mol. The van der Waals surface area contributed by atoms with Crippen LogP contribution in [0, 0.1) is 0 Å². The van der Waals surface area contributed by atoms with Crippen molar-refractivity contribution in [2.75, 3.05) is 13.7 Å². The van der Waals surface area contributed by atoms with E-state index in [4.69, 9.17) is 0 Å². The number of carbonyl (C=O) groups excluding carboxylic acids is 1. The molecule has 0 saturated heterocycles. The monoisotopic (exact) mass is 147 g/mol. The summed E-state index contributed by atoms with van der Waals surface area (Å²) in [6.45, 7) is 6.83. The van der Waals surface area contributed by atoms with Crippen molar-refractivity contribution in [1.82, 2.24) is 5.32 Å². The average Bonchev–Trinajstić information content (AvgIpc) is 2.04. The normalized spacial score (nSPS) is 10.8. The summed E-state index contributed by atoms with van der Waals surface area (Å²) in [5.74, 6) is 0. The minimum Gasteiger partial charge on any atom is -0.466 e. The SMILES string of the molecule is CC.CN[C@H](C)COC=O. The van der Waals surface area contributed by atoms with Gasteiger partial charge in [-0.3, -0.25) is 4.79 Å². The minimum absolute atomic E-state index is 0.250. The molecule has 0 rings (SSSR count). The second-order valence-corrected chi connectivity index (χ2v) is 1.62. The maximum atomic E-state index is 9.58. The van der Waals surface area contributed by atoms with Crippen LogP contribution in [0.5, 0.6) is 0 Å². The van der Waals surface area contributed by atoms with Crippen molar-refractivity contribution in [1.29, 1.82) is 0 Å². The second-order valence-electron chi connectivity index (χ2n) is 1.62. The summed E-state index contributed by atoms with van der Waals surface area (Å²) in [5.41, 5.74) is 0. The van der Waals surface area contributed by atoms with Crippen molar-refractivity contribution < 1.29 is 9.53 Å². The Balaban J connectivity index is 0. The van der Waals surface area contributed by atoms with Gasteiger partial charge < -0.3 is 10.1 Å². The molecule has 10 heavy (non-hydrogen) atoms. The van der Waals surface area contributed by atoms with Gasteiger partial charge in [-0.2, -0.15) is 0 Å². The van der Waals surface area contributed by atoms with Gasteiger partial charge in [0.2, 0.25) is 0 Å². The quantitative estimate of drug-likeness (QED) is 0.597. The molecule has 1 atom stereocenters. The van der Waals surface area contributed by atoms with Crippen LogP contribution in [-0.4, -0.2) is 26.2 Å². The van der Waals surface area contributed by atoms with Crippen LogP contribution in [0.25, 0.3) is 0 Å². The molecule has 0 amide bonds. The standard InChI is InChI=1S/C5H11NO2.C2H6/c1-5(6-2)3-8-4-7;1-2/h4-6H,3H2,1-2H3;1-2H3/t5-;/m1./s1. The summed E-state index contributed by atoms with van der Waals surface area (Å²) in [4.78, 5) is 9.58. The maximum absolute atomic E-state index is 9.58. The second kappa shape index (κ2) is 11.3. The highest BCUT2D eigenvalue weighted by Crippen LogP contribution is 1.77. The smallest absolute Gasteiger partial charge is 0.293 e. The van der Waals surface area contributed by atoms with Crippen LogP contribution in [0.15, 0.2) is 0 Å². The zero-order chi connectivity index (χ0) is 8.41. The Morgan fingerprint density at radius 3 is 2.40 bits per heavy atom. The molecule has 0 aromatic rings. The molecule has 0 aromatic heterocycles. The topological polar surface area (TPSA) is 38.3 Å². The van der Waals surface area contributed by atoms with Crippen molar-refractivity contribution in [3.8, 4) is 0 Å². The van der Waals surface area contributed by atoms with Crippen LogP contribution in [0.3, 0.4) is 0 Å². The van der Waals surface area contributed by atoms with Crippen LogP contribution in [0.4, 0.5) is 0 Å². The van der Waals surface area contributed by atoms with Gasteiger partial charge in [0.05, 0.1) is 0 Å². The van der Waals surface area contributed by atoms with E-state index in [2.05, 4.69) is 10.1 Å². The van der Waals surface area contributed by atoms with Crippen molar-refractivity contribution >= 4 is 6.47 Å². The lowest BCUT2D eigenvalue weighted by Crippen LogP contribution is -2.26. The summed E-state index contributed by atoms with van der Waals surface area (Å²) >= 11 is 0. The predicted octanol–water partition coefficient (Wildman–Crippen LogP) is 0.793. The first-order valence-corrected chi connectivity index (χ1v) is 3.53. The molecule has 0 unspecified atom stereocenters. The van der Waals surface area contributed by atoms with Gasteiger partial charge in [0.25, 0.3) is 6.47 Å². The molecular weight excluding hydrogens is 130 g/mol. The maximum Gasteiger partial charge on any atom is 0.293 e. The van der Waals surface area contributed by atoms with E-state index in [1.54, 1.807) is 0 Å². The zero-order valence-corrected chi connectivity index (χ0v) is 7.18. The van der Waals surface area contributed by atoms with Gasteiger partial charge in [-0.1, -0.05) is 13.8 Å². The number of likely N-dealkylation sites (N-methyl/N-ethyl adjacent to an activating group) is 1. The number of rotatable bonds is 4. The number of hydrogen-bond acceptors (Lipinski definition) is 3. The summed E-state index contributed by atoms with van der Waals surface area (Å²) < 4.78 is 4.44. The van der Waals surface area contributed by atoms with Gasteiger partial charge in [-0.25, -0.2) is 0 Å². The van der Waals surface area contributed by atoms with E-state index in [-0.39, 0.29) is 6.04 Å². The third kappa shape index (κ3) is 10.4. The van der Waals surface area contributed by atoms with Crippen LogP contribution in [0.1, 0.15) is 20.8 Å². The van der Waals surface area contributed by atoms with E-state index < -0.39 is 0 Å². The van der Waals surface area contributed by atoms with Crippen LogP contribution >= 0.6 is 0 Å². The Labute approximate surface area is 62.8 Å². The van der Waals surface area contributed by atoms with Crippen molar-refractivity contribution in [3.63, 3.8) is 0 Å². The molecule has 3 heteroatoms. The number of carbonyl (C=O) groups is 1. The Kier molecular flexibility index (Phi) is 13.7. The molecule has 0 bridgehead atoms. The Bertz CT molecular complexity index is 66.6. The molecule has 0 aliphatic rings. The number of hydrogen-bond donors (Lipinski definition) is 1. The first-order valence-electron chi connectivity index (χ1n) is 3.53. The molecule has 0 fully saturated rings. The summed E-state index contributed by atoms with van der Waals surface area (Å²) in [5, 5.41) is 2.92. The van der Waals surface area contributed by atoms with E-state index in [9.17, 15) is 4.79 Å². The molecule has 0 radical (unpaired) electrons. The first kappa shape index (κ1) is 12.1. The molecule has 0 spiro atoms. The highest BCUT2D eigenvalue weighted by atomic mass is 16.5. The lowest BCUT2D eigenvalue weighted by Gasteiger charge is -2.05. The molecule has 62 valence electrons. The summed E-state index contributed by atoms with van der Waals surface area (Å²) in [7, 11) is 1.82. The van der Waals surface area contributed by atoms with Gasteiger partial charge in [0.15, 0.2) is 0 Å². The van der Waals surface area contributed by atoms with Gasteiger partial charge in [0, 0.05) is 6.04 Å². The van der Waals surface area contributed by atoms with E-state index in [1.807, 2.05) is 27.8 Å². The van der Waals surface area contributed by atoms with Gasteiger partial charge in [0.1, 0.15) is 6.61 Å². The van der Waals surface area contributed by atoms with E-state index in [1.165, 1.54) is 0 Å². The van der Waals surface area contributed by atoms with Crippen LogP contribution in [-0.2, 0) is 9.53 Å². The molecule has 0 heterocycles. The average molecular weight is 147 g/mol. The van der Waals surface area contributed by atoms with Crippen molar-refractivity contribution in [2.45, 2.75) is 26.8 Å². The van der Waals surface area contributed by atoms with Gasteiger partial charge in [-0.15, -0.1) is 0 Å². The fourth-order valence-electron chi connectivity index (χ4n) is 0.267.